The van der Waals surface area contributed by atoms with Crippen LogP contribution in [-0.2, 0) is 16.0 Å². The number of hydrogen-bond donors (Lipinski definition) is 0. The molecule has 202 valence electrons. The maximum atomic E-state index is 11.3. The number of ether oxygens (including phenoxy) is 2. The van der Waals surface area contributed by atoms with E-state index in [1.54, 1.807) is 6.92 Å². The molecule has 5 heteroatoms. The van der Waals surface area contributed by atoms with Crippen LogP contribution in [0.25, 0.3) is 0 Å². The van der Waals surface area contributed by atoms with Crippen molar-refractivity contribution in [2.75, 3.05) is 13.2 Å². The lowest BCUT2D eigenvalue weighted by Gasteiger charge is -2.07. The molecule has 0 saturated carbocycles. The fourth-order valence-corrected chi connectivity index (χ4v) is 3.95. The Hall–Kier alpha value is -2.95. The third kappa shape index (κ3) is 14.4. The molecule has 0 heterocycles. The number of aryl methyl sites for hydroxylation is 1. The molecule has 2 aromatic rings. The normalized spacial score (nSPS) is 11.1. The van der Waals surface area contributed by atoms with E-state index in [4.69, 9.17) is 9.47 Å². The number of hydrogen-bond acceptors (Lipinski definition) is 5. The highest BCUT2D eigenvalue weighted by atomic mass is 16.5. The van der Waals surface area contributed by atoms with Crippen LogP contribution in [0.15, 0.2) is 70.9 Å². The van der Waals surface area contributed by atoms with Crippen molar-refractivity contribution in [2.24, 2.45) is 10.2 Å². The highest BCUT2D eigenvalue weighted by Gasteiger charge is 2.02. The van der Waals surface area contributed by atoms with Gasteiger partial charge in [-0.15, -0.1) is 0 Å². The predicted molar refractivity (Wildman–Crippen MR) is 153 cm³/mol. The molecule has 0 spiro atoms. The maximum Gasteiger partial charge on any atom is 0.333 e. The van der Waals surface area contributed by atoms with Crippen molar-refractivity contribution in [2.45, 2.75) is 97.3 Å². The number of rotatable bonds is 20. The Labute approximate surface area is 224 Å². The minimum absolute atomic E-state index is 0.312. The molecule has 0 aromatic heterocycles. The number of unbranched alkanes of at least 4 members (excludes halogenated alkanes) is 10. The lowest BCUT2D eigenvalue weighted by atomic mass is 10.0. The molecule has 0 radical (unpaired) electrons. The molecule has 2 rings (SSSR count). The zero-order valence-electron chi connectivity index (χ0n) is 23.1. The molecule has 0 fully saturated rings. The summed E-state index contributed by atoms with van der Waals surface area (Å²) >= 11 is 0. The average molecular weight is 507 g/mol. The average Bonchev–Trinajstić information content (AvgIpc) is 2.91. The number of nitrogens with zero attached hydrogens (tertiary/aromatic N) is 2. The smallest absolute Gasteiger partial charge is 0.333 e. The zero-order valence-corrected chi connectivity index (χ0v) is 23.1. The summed E-state index contributed by atoms with van der Waals surface area (Å²) in [6, 6.07) is 16.1. The van der Waals surface area contributed by atoms with Gasteiger partial charge in [0, 0.05) is 5.57 Å². The summed E-state index contributed by atoms with van der Waals surface area (Å²) in [5, 5.41) is 8.73. The van der Waals surface area contributed by atoms with Gasteiger partial charge >= 0.3 is 5.97 Å². The van der Waals surface area contributed by atoms with Gasteiger partial charge in [-0.2, -0.15) is 10.2 Å². The monoisotopic (exact) mass is 506 g/mol. The van der Waals surface area contributed by atoms with Crippen molar-refractivity contribution in [3.8, 4) is 5.75 Å². The molecule has 0 bridgehead atoms. The van der Waals surface area contributed by atoms with Crippen LogP contribution < -0.4 is 4.74 Å². The van der Waals surface area contributed by atoms with Crippen LogP contribution in [0.1, 0.15) is 96.5 Å². The largest absolute Gasteiger partial charge is 0.494 e. The zero-order chi connectivity index (χ0) is 26.6. The first-order chi connectivity index (χ1) is 18.1. The van der Waals surface area contributed by atoms with Gasteiger partial charge in [-0.05, 0) is 87.4 Å². The Balaban J connectivity index is 1.57. The van der Waals surface area contributed by atoms with E-state index in [0.717, 1.165) is 49.2 Å². The lowest BCUT2D eigenvalue weighted by Crippen LogP contribution is -2.06. The Morgan fingerprint density at radius 1 is 0.703 bits per heavy atom. The highest BCUT2D eigenvalue weighted by Crippen LogP contribution is 2.22. The molecule has 0 amide bonds. The Bertz CT molecular complexity index is 920. The molecular weight excluding hydrogens is 460 g/mol. The molecule has 2 aromatic carbocycles. The fraction of sp³-hybridized carbons (Fsp3) is 0.531. The van der Waals surface area contributed by atoms with E-state index in [-0.39, 0.29) is 5.97 Å². The molecule has 0 saturated heterocycles. The quantitative estimate of drug-likeness (QED) is 0.0777. The van der Waals surface area contributed by atoms with Crippen molar-refractivity contribution in [3.05, 3.63) is 66.2 Å². The highest BCUT2D eigenvalue weighted by molar-refractivity contribution is 5.86. The van der Waals surface area contributed by atoms with Crippen molar-refractivity contribution in [1.82, 2.24) is 0 Å². The number of azo groups is 1. The van der Waals surface area contributed by atoms with E-state index >= 15 is 0 Å². The van der Waals surface area contributed by atoms with Crippen LogP contribution in [-0.4, -0.2) is 19.2 Å². The standard InChI is InChI=1S/C32H46N2O3/c1-4-5-6-7-8-9-10-13-16-28-17-19-29(20-18-28)33-34-30-21-23-31(24-22-30)36-25-14-11-12-15-26-37-32(35)27(2)3/h17-24H,2,4-16,25-26H2,1,3H3. The van der Waals surface area contributed by atoms with Crippen molar-refractivity contribution >= 4 is 17.3 Å². The molecule has 0 aliphatic rings. The molecule has 0 atom stereocenters. The summed E-state index contributed by atoms with van der Waals surface area (Å²) in [6.45, 7) is 8.61. The van der Waals surface area contributed by atoms with E-state index in [1.807, 2.05) is 36.4 Å². The Morgan fingerprint density at radius 3 is 1.81 bits per heavy atom. The van der Waals surface area contributed by atoms with Crippen LogP contribution in [0.3, 0.4) is 0 Å². The molecular formula is C32H46N2O3. The van der Waals surface area contributed by atoms with Crippen molar-refractivity contribution in [3.63, 3.8) is 0 Å². The summed E-state index contributed by atoms with van der Waals surface area (Å²) in [5.74, 6) is 0.521. The number of benzene rings is 2. The van der Waals surface area contributed by atoms with E-state index < -0.39 is 0 Å². The number of esters is 1. The van der Waals surface area contributed by atoms with E-state index in [2.05, 4.69) is 35.9 Å². The summed E-state index contributed by atoms with van der Waals surface area (Å²) in [4.78, 5) is 11.3. The van der Waals surface area contributed by atoms with E-state index in [9.17, 15) is 4.79 Å². The van der Waals surface area contributed by atoms with Gasteiger partial charge in [0.2, 0.25) is 0 Å². The fourth-order valence-electron chi connectivity index (χ4n) is 3.95. The molecule has 0 unspecified atom stereocenters. The lowest BCUT2D eigenvalue weighted by molar-refractivity contribution is -0.139. The van der Waals surface area contributed by atoms with Crippen LogP contribution in [0.4, 0.5) is 11.4 Å². The second-order valence-electron chi connectivity index (χ2n) is 9.76. The van der Waals surface area contributed by atoms with Crippen LogP contribution in [0.2, 0.25) is 0 Å². The summed E-state index contributed by atoms with van der Waals surface area (Å²) in [6.07, 6.45) is 15.8. The van der Waals surface area contributed by atoms with Gasteiger partial charge in [0.1, 0.15) is 5.75 Å². The number of carbonyl (C=O) groups excluding carboxylic acids is 1. The molecule has 0 N–H and O–H groups in total. The van der Waals surface area contributed by atoms with Gasteiger partial charge in [-0.25, -0.2) is 4.79 Å². The van der Waals surface area contributed by atoms with Crippen molar-refractivity contribution < 1.29 is 14.3 Å². The minimum atomic E-state index is -0.312. The van der Waals surface area contributed by atoms with E-state index in [0.29, 0.717) is 18.8 Å². The van der Waals surface area contributed by atoms with Gasteiger partial charge in [-0.3, -0.25) is 0 Å². The van der Waals surface area contributed by atoms with Gasteiger partial charge in [0.15, 0.2) is 0 Å². The topological polar surface area (TPSA) is 60.2 Å². The Kier molecular flexibility index (Phi) is 15.7. The third-order valence-corrected chi connectivity index (χ3v) is 6.26. The minimum Gasteiger partial charge on any atom is -0.494 e. The van der Waals surface area contributed by atoms with E-state index in [1.165, 1.54) is 56.9 Å². The van der Waals surface area contributed by atoms with Gasteiger partial charge in [0.25, 0.3) is 0 Å². The first kappa shape index (κ1) is 30.3. The third-order valence-electron chi connectivity index (χ3n) is 6.26. The van der Waals surface area contributed by atoms with Gasteiger partial charge in [0.05, 0.1) is 24.6 Å². The summed E-state index contributed by atoms with van der Waals surface area (Å²) < 4.78 is 10.9. The van der Waals surface area contributed by atoms with Gasteiger partial charge in [-0.1, -0.05) is 70.6 Å². The van der Waals surface area contributed by atoms with Crippen LogP contribution in [0, 0.1) is 0 Å². The summed E-state index contributed by atoms with van der Waals surface area (Å²) in [5.41, 5.74) is 3.49. The number of carbonyl (C=O) groups is 1. The molecule has 37 heavy (non-hydrogen) atoms. The molecule has 5 nitrogen and oxygen atoms in total. The predicted octanol–water partition coefficient (Wildman–Crippen LogP) is 9.84. The maximum absolute atomic E-state index is 11.3. The second-order valence-corrected chi connectivity index (χ2v) is 9.76. The Morgan fingerprint density at radius 2 is 1.22 bits per heavy atom. The first-order valence-corrected chi connectivity index (χ1v) is 14.1. The second kappa shape index (κ2) is 19.2. The molecule has 0 aliphatic carbocycles. The first-order valence-electron chi connectivity index (χ1n) is 14.1. The van der Waals surface area contributed by atoms with Crippen LogP contribution >= 0.6 is 0 Å². The summed E-state index contributed by atoms with van der Waals surface area (Å²) in [7, 11) is 0. The SMILES string of the molecule is C=C(C)C(=O)OCCCCCCOc1ccc(N=Nc2ccc(CCCCCCCCCC)cc2)cc1. The van der Waals surface area contributed by atoms with Crippen molar-refractivity contribution in [1.29, 1.82) is 0 Å². The van der Waals surface area contributed by atoms with Crippen LogP contribution in [0.5, 0.6) is 5.75 Å². The van der Waals surface area contributed by atoms with Gasteiger partial charge < -0.3 is 9.47 Å². The molecule has 0 aliphatic heterocycles.